The van der Waals surface area contributed by atoms with Gasteiger partial charge in [0.1, 0.15) is 0 Å². The summed E-state index contributed by atoms with van der Waals surface area (Å²) >= 11 is 12.2. The van der Waals surface area contributed by atoms with Gasteiger partial charge < -0.3 is 19.5 Å². The number of furan rings is 1. The van der Waals surface area contributed by atoms with Crippen LogP contribution in [0.1, 0.15) is 17.0 Å². The maximum absolute atomic E-state index is 12.4. The van der Waals surface area contributed by atoms with Crippen molar-refractivity contribution in [2.75, 3.05) is 38.0 Å². The molecule has 1 fully saturated rings. The van der Waals surface area contributed by atoms with Crippen LogP contribution in [0.25, 0.3) is 0 Å². The first-order valence-electron chi connectivity index (χ1n) is 8.34. The van der Waals surface area contributed by atoms with Crippen molar-refractivity contribution in [3.8, 4) is 0 Å². The van der Waals surface area contributed by atoms with Gasteiger partial charge in [-0.1, -0.05) is 29.3 Å². The molecule has 0 bridgehead atoms. The molecule has 1 aromatic heterocycles. The van der Waals surface area contributed by atoms with Crippen LogP contribution >= 0.6 is 23.2 Å². The first-order chi connectivity index (χ1) is 12.6. The molecule has 138 valence electrons. The number of nitrogens with one attached hydrogen (secondary N) is 1. The highest BCUT2D eigenvalue weighted by Crippen LogP contribution is 2.29. The molecule has 2 heterocycles. The third kappa shape index (κ3) is 4.31. The average Bonchev–Trinajstić information content (AvgIpc) is 3.18. The number of hydrogen-bond donors (Lipinski definition) is 1. The third-order valence-corrected chi connectivity index (χ3v) is 4.88. The standard InChI is InChI=1S/C18H19Cl2N3O3/c19-13-3-1-4-14(20)17(13)21-7-6-16(24)22-8-10-23(11-9-22)18(25)15-5-2-12-26-15/h1-5,12,21H,6-11H2. The van der Waals surface area contributed by atoms with Crippen LogP contribution in [0.5, 0.6) is 0 Å². The van der Waals surface area contributed by atoms with Crippen molar-refractivity contribution in [3.05, 3.63) is 52.4 Å². The Morgan fingerprint density at radius 1 is 1.00 bits per heavy atom. The van der Waals surface area contributed by atoms with Gasteiger partial charge in [0.15, 0.2) is 5.76 Å². The third-order valence-electron chi connectivity index (χ3n) is 4.25. The number of amides is 2. The van der Waals surface area contributed by atoms with Gasteiger partial charge in [-0.05, 0) is 24.3 Å². The van der Waals surface area contributed by atoms with E-state index in [-0.39, 0.29) is 11.8 Å². The van der Waals surface area contributed by atoms with E-state index in [0.29, 0.717) is 60.6 Å². The fourth-order valence-corrected chi connectivity index (χ4v) is 3.37. The van der Waals surface area contributed by atoms with E-state index in [2.05, 4.69) is 5.32 Å². The molecule has 3 rings (SSSR count). The van der Waals surface area contributed by atoms with E-state index in [1.807, 2.05) is 0 Å². The average molecular weight is 396 g/mol. The molecule has 1 aromatic carbocycles. The van der Waals surface area contributed by atoms with Crippen molar-refractivity contribution in [1.29, 1.82) is 0 Å². The molecule has 1 N–H and O–H groups in total. The smallest absolute Gasteiger partial charge is 0.289 e. The quantitative estimate of drug-likeness (QED) is 0.842. The first-order valence-corrected chi connectivity index (χ1v) is 9.10. The summed E-state index contributed by atoms with van der Waals surface area (Å²) in [6.07, 6.45) is 1.80. The minimum absolute atomic E-state index is 0.0331. The van der Waals surface area contributed by atoms with Crippen molar-refractivity contribution in [1.82, 2.24) is 9.80 Å². The maximum Gasteiger partial charge on any atom is 0.289 e. The number of carbonyl (C=O) groups excluding carboxylic acids is 2. The van der Waals surface area contributed by atoms with E-state index in [1.165, 1.54) is 6.26 Å². The monoisotopic (exact) mass is 395 g/mol. The summed E-state index contributed by atoms with van der Waals surface area (Å²) in [4.78, 5) is 28.0. The molecule has 8 heteroatoms. The van der Waals surface area contributed by atoms with Crippen LogP contribution in [0.15, 0.2) is 41.0 Å². The normalized spacial score (nSPS) is 14.4. The van der Waals surface area contributed by atoms with Gasteiger partial charge in [0.2, 0.25) is 5.91 Å². The van der Waals surface area contributed by atoms with E-state index >= 15 is 0 Å². The summed E-state index contributed by atoms with van der Waals surface area (Å²) in [7, 11) is 0. The Hall–Kier alpha value is -2.18. The summed E-state index contributed by atoms with van der Waals surface area (Å²) in [5.41, 5.74) is 0.637. The second-order valence-corrected chi connectivity index (χ2v) is 6.74. The summed E-state index contributed by atoms with van der Waals surface area (Å²) in [6.45, 7) is 2.45. The van der Waals surface area contributed by atoms with Crippen molar-refractivity contribution in [2.24, 2.45) is 0 Å². The molecule has 2 amide bonds. The molecule has 1 aliphatic rings. The number of halogens is 2. The number of hydrogen-bond acceptors (Lipinski definition) is 4. The van der Waals surface area contributed by atoms with Gasteiger partial charge in [0.25, 0.3) is 5.91 Å². The molecule has 0 atom stereocenters. The van der Waals surface area contributed by atoms with Gasteiger partial charge >= 0.3 is 0 Å². The number of para-hydroxylation sites is 1. The van der Waals surface area contributed by atoms with Crippen LogP contribution in [0.3, 0.4) is 0 Å². The molecule has 0 aliphatic carbocycles. The second kappa shape index (κ2) is 8.47. The van der Waals surface area contributed by atoms with Crippen molar-refractivity contribution in [2.45, 2.75) is 6.42 Å². The summed E-state index contributed by atoms with van der Waals surface area (Å²) in [6, 6.07) is 8.58. The number of anilines is 1. The van der Waals surface area contributed by atoms with Crippen LogP contribution in [0, 0.1) is 0 Å². The molecule has 2 aromatic rings. The first kappa shape index (κ1) is 18.6. The summed E-state index contributed by atoms with van der Waals surface area (Å²) in [5.74, 6) is 0.216. The van der Waals surface area contributed by atoms with Crippen LogP contribution in [-0.4, -0.2) is 54.3 Å². The van der Waals surface area contributed by atoms with E-state index < -0.39 is 0 Å². The number of rotatable bonds is 5. The van der Waals surface area contributed by atoms with Crippen LogP contribution in [-0.2, 0) is 4.79 Å². The Bertz CT molecular complexity index is 752. The second-order valence-electron chi connectivity index (χ2n) is 5.92. The highest BCUT2D eigenvalue weighted by Gasteiger charge is 2.25. The Kier molecular flexibility index (Phi) is 6.06. The van der Waals surface area contributed by atoms with Gasteiger partial charge in [-0.3, -0.25) is 9.59 Å². The Labute approximate surface area is 161 Å². The number of benzene rings is 1. The van der Waals surface area contributed by atoms with Gasteiger partial charge in [0.05, 0.1) is 22.0 Å². The van der Waals surface area contributed by atoms with E-state index in [9.17, 15) is 9.59 Å². The molecule has 26 heavy (non-hydrogen) atoms. The van der Waals surface area contributed by atoms with E-state index in [0.717, 1.165) is 0 Å². The number of piperazine rings is 1. The lowest BCUT2D eigenvalue weighted by atomic mass is 10.2. The summed E-state index contributed by atoms with van der Waals surface area (Å²) < 4.78 is 5.14. The molecule has 1 saturated heterocycles. The van der Waals surface area contributed by atoms with Gasteiger partial charge in [-0.25, -0.2) is 0 Å². The van der Waals surface area contributed by atoms with Crippen LogP contribution in [0.2, 0.25) is 10.0 Å². The largest absolute Gasteiger partial charge is 0.459 e. The predicted octanol–water partition coefficient (Wildman–Crippen LogP) is 3.37. The SMILES string of the molecule is O=C(CCNc1c(Cl)cccc1Cl)N1CCN(C(=O)c2ccco2)CC1. The number of carbonyl (C=O) groups is 2. The predicted molar refractivity (Wildman–Crippen MR) is 101 cm³/mol. The lowest BCUT2D eigenvalue weighted by Gasteiger charge is -2.34. The highest BCUT2D eigenvalue weighted by molar-refractivity contribution is 6.39. The maximum atomic E-state index is 12.4. The Morgan fingerprint density at radius 2 is 1.65 bits per heavy atom. The van der Waals surface area contributed by atoms with E-state index in [1.54, 1.807) is 40.1 Å². The Balaban J connectivity index is 1.44. The molecular formula is C18H19Cl2N3O3. The minimum Gasteiger partial charge on any atom is -0.459 e. The molecule has 0 saturated carbocycles. The zero-order valence-electron chi connectivity index (χ0n) is 14.1. The zero-order valence-corrected chi connectivity index (χ0v) is 15.6. The molecule has 0 radical (unpaired) electrons. The Morgan fingerprint density at radius 3 is 2.27 bits per heavy atom. The van der Waals surface area contributed by atoms with Gasteiger partial charge in [-0.2, -0.15) is 0 Å². The topological polar surface area (TPSA) is 65.8 Å². The molecule has 6 nitrogen and oxygen atoms in total. The lowest BCUT2D eigenvalue weighted by molar-refractivity contribution is -0.132. The zero-order chi connectivity index (χ0) is 18.5. The minimum atomic E-state index is -0.142. The molecule has 0 spiro atoms. The fourth-order valence-electron chi connectivity index (χ4n) is 2.83. The highest BCUT2D eigenvalue weighted by atomic mass is 35.5. The van der Waals surface area contributed by atoms with Crippen molar-refractivity contribution < 1.29 is 14.0 Å². The summed E-state index contributed by atoms with van der Waals surface area (Å²) in [5, 5.41) is 4.15. The fraction of sp³-hybridized carbons (Fsp3) is 0.333. The van der Waals surface area contributed by atoms with Crippen molar-refractivity contribution >= 4 is 40.7 Å². The lowest BCUT2D eigenvalue weighted by Crippen LogP contribution is -2.50. The molecule has 0 unspecified atom stereocenters. The van der Waals surface area contributed by atoms with Crippen molar-refractivity contribution in [3.63, 3.8) is 0 Å². The molecule has 1 aliphatic heterocycles. The van der Waals surface area contributed by atoms with E-state index in [4.69, 9.17) is 27.6 Å². The van der Waals surface area contributed by atoms with Crippen LogP contribution in [0.4, 0.5) is 5.69 Å². The van der Waals surface area contributed by atoms with Gasteiger partial charge in [-0.15, -0.1) is 0 Å². The number of nitrogens with zero attached hydrogens (tertiary/aromatic N) is 2. The van der Waals surface area contributed by atoms with Crippen LogP contribution < -0.4 is 5.32 Å². The molecular weight excluding hydrogens is 377 g/mol. The van der Waals surface area contributed by atoms with Gasteiger partial charge in [0, 0.05) is 39.1 Å².